The summed E-state index contributed by atoms with van der Waals surface area (Å²) in [6.07, 6.45) is 0. The van der Waals surface area contributed by atoms with Crippen LogP contribution in [0, 0.1) is 6.92 Å². The van der Waals surface area contributed by atoms with Crippen molar-refractivity contribution in [2.45, 2.75) is 13.5 Å². The molecule has 6 heteroatoms. The van der Waals surface area contributed by atoms with Crippen molar-refractivity contribution in [3.05, 3.63) is 45.1 Å². The maximum absolute atomic E-state index is 6.23. The van der Waals surface area contributed by atoms with Crippen molar-refractivity contribution in [3.8, 4) is 11.5 Å². The first-order chi connectivity index (χ1) is 10.1. The number of anilines is 1. The van der Waals surface area contributed by atoms with Crippen LogP contribution in [0.15, 0.2) is 28.9 Å². The summed E-state index contributed by atoms with van der Waals surface area (Å²) in [5, 5.41) is 3.93. The number of halogens is 2. The Labute approximate surface area is 136 Å². The van der Waals surface area contributed by atoms with Gasteiger partial charge in [0.2, 0.25) is 0 Å². The molecule has 3 rings (SSSR count). The first-order valence-corrected chi connectivity index (χ1v) is 7.75. The maximum Gasteiger partial charge on any atom is 0.179 e. The average molecular weight is 370 g/mol. The summed E-state index contributed by atoms with van der Waals surface area (Å²) in [6.45, 7) is 3.69. The molecule has 1 aromatic heterocycles. The maximum atomic E-state index is 6.23. The number of hydrogen-bond donors (Lipinski definition) is 1. The highest BCUT2D eigenvalue weighted by atomic mass is 79.9. The van der Waals surface area contributed by atoms with E-state index in [1.165, 1.54) is 0 Å². The van der Waals surface area contributed by atoms with Gasteiger partial charge in [0.05, 0.1) is 16.4 Å². The Morgan fingerprint density at radius 1 is 1.29 bits per heavy atom. The summed E-state index contributed by atoms with van der Waals surface area (Å²) in [5.74, 6) is 1.34. The Bertz CT molecular complexity index is 679. The molecule has 0 aliphatic carbocycles. The summed E-state index contributed by atoms with van der Waals surface area (Å²) in [5.41, 5.74) is 2.96. The number of ether oxygens (including phenoxy) is 2. The topological polar surface area (TPSA) is 43.4 Å². The van der Waals surface area contributed by atoms with E-state index in [1.807, 2.05) is 31.2 Å². The molecule has 0 atom stereocenters. The first kappa shape index (κ1) is 14.5. The van der Waals surface area contributed by atoms with Gasteiger partial charge in [-0.2, -0.15) is 0 Å². The summed E-state index contributed by atoms with van der Waals surface area (Å²) < 4.78 is 11.9. The van der Waals surface area contributed by atoms with Gasteiger partial charge in [0.1, 0.15) is 17.8 Å². The summed E-state index contributed by atoms with van der Waals surface area (Å²) in [6, 6.07) is 7.75. The predicted molar refractivity (Wildman–Crippen MR) is 86.4 cm³/mol. The second-order valence-electron chi connectivity index (χ2n) is 4.72. The molecule has 21 heavy (non-hydrogen) atoms. The molecule has 1 aromatic carbocycles. The molecule has 110 valence electrons. The molecule has 0 amide bonds. The number of nitrogens with zero attached hydrogens (tertiary/aromatic N) is 1. The van der Waals surface area contributed by atoms with Crippen LogP contribution in [-0.4, -0.2) is 18.2 Å². The summed E-state index contributed by atoms with van der Waals surface area (Å²) >= 11 is 9.59. The van der Waals surface area contributed by atoms with Crippen molar-refractivity contribution < 1.29 is 9.47 Å². The van der Waals surface area contributed by atoms with Gasteiger partial charge in [0.15, 0.2) is 11.5 Å². The van der Waals surface area contributed by atoms with Gasteiger partial charge in [-0.1, -0.05) is 11.6 Å². The van der Waals surface area contributed by atoms with Gasteiger partial charge in [-0.3, -0.25) is 0 Å². The van der Waals surface area contributed by atoms with E-state index >= 15 is 0 Å². The highest BCUT2D eigenvalue weighted by Gasteiger charge is 2.16. The van der Waals surface area contributed by atoms with Crippen molar-refractivity contribution in [3.63, 3.8) is 0 Å². The number of benzene rings is 1. The zero-order chi connectivity index (χ0) is 14.8. The molecule has 1 N–H and O–H groups in total. The lowest BCUT2D eigenvalue weighted by Gasteiger charge is -2.20. The molecule has 0 radical (unpaired) electrons. The average Bonchev–Trinajstić information content (AvgIpc) is 2.46. The third-order valence-electron chi connectivity index (χ3n) is 3.19. The molecule has 0 saturated carbocycles. The number of aryl methyl sites for hydroxylation is 1. The number of pyridine rings is 1. The highest BCUT2D eigenvalue weighted by Crippen LogP contribution is 2.38. The molecule has 0 spiro atoms. The second-order valence-corrected chi connectivity index (χ2v) is 5.94. The lowest BCUT2D eigenvalue weighted by atomic mass is 10.2. The molecule has 4 nitrogen and oxygen atoms in total. The molecular weight excluding hydrogens is 356 g/mol. The van der Waals surface area contributed by atoms with Crippen molar-refractivity contribution in [2.75, 3.05) is 18.5 Å². The molecule has 2 aromatic rings. The smallest absolute Gasteiger partial charge is 0.179 e. The molecule has 1 aliphatic heterocycles. The fraction of sp³-hybridized carbons (Fsp3) is 0.267. The van der Waals surface area contributed by atoms with Gasteiger partial charge in [0, 0.05) is 6.54 Å². The lowest BCUT2D eigenvalue weighted by molar-refractivity contribution is 0.171. The first-order valence-electron chi connectivity index (χ1n) is 6.58. The Hall–Kier alpha value is -1.46. The van der Waals surface area contributed by atoms with Crippen molar-refractivity contribution >= 4 is 33.2 Å². The van der Waals surface area contributed by atoms with Crippen LogP contribution in [0.25, 0.3) is 0 Å². The lowest BCUT2D eigenvalue weighted by Crippen LogP contribution is -2.16. The normalized spacial score (nSPS) is 13.1. The van der Waals surface area contributed by atoms with E-state index in [0.717, 1.165) is 21.5 Å². The minimum absolute atomic E-state index is 0.536. The van der Waals surface area contributed by atoms with Crippen molar-refractivity contribution in [2.24, 2.45) is 0 Å². The summed E-state index contributed by atoms with van der Waals surface area (Å²) in [7, 11) is 0. The molecule has 1 aliphatic rings. The quantitative estimate of drug-likeness (QED) is 0.824. The third-order valence-corrected chi connectivity index (χ3v) is 3.91. The highest BCUT2D eigenvalue weighted by molar-refractivity contribution is 9.10. The number of aromatic nitrogens is 1. The Morgan fingerprint density at radius 2 is 2.10 bits per heavy atom. The number of nitrogens with one attached hydrogen (secondary N) is 1. The van der Waals surface area contributed by atoms with Gasteiger partial charge in [-0.15, -0.1) is 0 Å². The van der Waals surface area contributed by atoms with Gasteiger partial charge in [0.25, 0.3) is 0 Å². The van der Waals surface area contributed by atoms with E-state index < -0.39 is 0 Å². The monoisotopic (exact) mass is 368 g/mol. The van der Waals surface area contributed by atoms with Gasteiger partial charge >= 0.3 is 0 Å². The minimum Gasteiger partial charge on any atom is -0.486 e. The van der Waals surface area contributed by atoms with Crippen LogP contribution in [0.2, 0.25) is 5.02 Å². The molecular formula is C15H14BrClN2O2. The molecule has 0 saturated heterocycles. The SMILES string of the molecule is Cc1nc(Br)ccc1NCc1cc(Cl)c2c(c1)OCCO2. The predicted octanol–water partition coefficient (Wildman–Crippen LogP) is 4.19. The standard InChI is InChI=1S/C15H14BrClN2O2/c1-9-12(2-3-14(16)19-9)18-8-10-6-11(17)15-13(7-10)20-4-5-21-15/h2-3,6-7,18H,4-5,8H2,1H3. The molecule has 0 fully saturated rings. The largest absolute Gasteiger partial charge is 0.486 e. The minimum atomic E-state index is 0.536. The third kappa shape index (κ3) is 3.24. The van der Waals surface area contributed by atoms with E-state index in [0.29, 0.717) is 36.3 Å². The zero-order valence-electron chi connectivity index (χ0n) is 11.5. The Morgan fingerprint density at radius 3 is 2.90 bits per heavy atom. The Kier molecular flexibility index (Phi) is 4.22. The molecule has 0 bridgehead atoms. The van der Waals surface area contributed by atoms with Gasteiger partial charge in [-0.25, -0.2) is 4.98 Å². The molecule has 2 heterocycles. The number of rotatable bonds is 3. The van der Waals surface area contributed by atoms with Crippen LogP contribution in [0.1, 0.15) is 11.3 Å². The van der Waals surface area contributed by atoms with Crippen LogP contribution in [0.4, 0.5) is 5.69 Å². The van der Waals surface area contributed by atoms with E-state index in [4.69, 9.17) is 21.1 Å². The van der Waals surface area contributed by atoms with Crippen LogP contribution < -0.4 is 14.8 Å². The van der Waals surface area contributed by atoms with Gasteiger partial charge in [-0.05, 0) is 52.7 Å². The Balaban J connectivity index is 1.77. The van der Waals surface area contributed by atoms with Crippen LogP contribution in [0.5, 0.6) is 11.5 Å². The number of hydrogen-bond acceptors (Lipinski definition) is 4. The second kappa shape index (κ2) is 6.12. The fourth-order valence-electron chi connectivity index (χ4n) is 2.18. The van der Waals surface area contributed by atoms with Gasteiger partial charge < -0.3 is 14.8 Å². The summed E-state index contributed by atoms with van der Waals surface area (Å²) in [4.78, 5) is 4.36. The van der Waals surface area contributed by atoms with Crippen molar-refractivity contribution in [1.29, 1.82) is 0 Å². The van der Waals surface area contributed by atoms with E-state index in [1.54, 1.807) is 0 Å². The fourth-order valence-corrected chi connectivity index (χ4v) is 2.87. The van der Waals surface area contributed by atoms with Crippen molar-refractivity contribution in [1.82, 2.24) is 4.98 Å². The van der Waals surface area contributed by atoms with Crippen LogP contribution in [-0.2, 0) is 6.54 Å². The van der Waals surface area contributed by atoms with Crippen LogP contribution in [0.3, 0.4) is 0 Å². The van der Waals surface area contributed by atoms with Crippen LogP contribution >= 0.6 is 27.5 Å². The number of fused-ring (bicyclic) bond motifs is 1. The zero-order valence-corrected chi connectivity index (χ0v) is 13.8. The molecule has 0 unspecified atom stereocenters. The van der Waals surface area contributed by atoms with E-state index in [9.17, 15) is 0 Å². The van der Waals surface area contributed by atoms with E-state index in [2.05, 4.69) is 26.2 Å². The van der Waals surface area contributed by atoms with E-state index in [-0.39, 0.29) is 0 Å².